The van der Waals surface area contributed by atoms with E-state index in [1.165, 1.54) is 37.8 Å². The molecule has 0 bridgehead atoms. The molecular formula is C16H13N5O3. The highest BCUT2D eigenvalue weighted by molar-refractivity contribution is 6.09. The number of nitrogens with one attached hydrogen (secondary N) is 2. The van der Waals surface area contributed by atoms with Gasteiger partial charge in [-0.3, -0.25) is 4.79 Å². The summed E-state index contributed by atoms with van der Waals surface area (Å²) in [5.41, 5.74) is 0.221. The number of nitrogens with zero attached hydrogens (tertiary/aromatic N) is 3. The zero-order valence-corrected chi connectivity index (χ0v) is 12.7. The Kier molecular flexibility index (Phi) is 5.58. The molecule has 0 aliphatic heterocycles. The van der Waals surface area contributed by atoms with E-state index in [1.54, 1.807) is 24.3 Å². The van der Waals surface area contributed by atoms with Gasteiger partial charge in [0.1, 0.15) is 11.6 Å². The number of benzene rings is 1. The van der Waals surface area contributed by atoms with Crippen LogP contribution in [0.1, 0.15) is 10.4 Å². The second-order valence-electron chi connectivity index (χ2n) is 4.38. The van der Waals surface area contributed by atoms with E-state index in [4.69, 9.17) is 5.26 Å². The summed E-state index contributed by atoms with van der Waals surface area (Å²) in [5, 5.41) is 14.3. The Morgan fingerprint density at radius 3 is 2.58 bits per heavy atom. The van der Waals surface area contributed by atoms with Crippen molar-refractivity contribution in [2.75, 3.05) is 17.7 Å². The number of ether oxygens (including phenoxy) is 1. The lowest BCUT2D eigenvalue weighted by Crippen LogP contribution is -2.17. The molecule has 0 unspecified atom stereocenters. The number of para-hydroxylation sites is 1. The summed E-state index contributed by atoms with van der Waals surface area (Å²) in [6.07, 6.45) is 4.22. The molecule has 0 saturated heterocycles. The summed E-state index contributed by atoms with van der Waals surface area (Å²) in [6.45, 7) is 0. The third-order valence-corrected chi connectivity index (χ3v) is 2.86. The van der Waals surface area contributed by atoms with Gasteiger partial charge in [0.2, 0.25) is 5.95 Å². The van der Waals surface area contributed by atoms with Crippen LogP contribution in [0.25, 0.3) is 0 Å². The van der Waals surface area contributed by atoms with Gasteiger partial charge in [-0.2, -0.15) is 5.26 Å². The molecule has 1 aromatic carbocycles. The molecule has 1 aromatic heterocycles. The second kappa shape index (κ2) is 8.05. The molecule has 0 aliphatic rings. The van der Waals surface area contributed by atoms with Crippen molar-refractivity contribution in [2.45, 2.75) is 0 Å². The van der Waals surface area contributed by atoms with Crippen molar-refractivity contribution in [3.63, 3.8) is 0 Å². The SMILES string of the molecule is COC(=O)c1ccccc1NC(=O)/C(C#N)=C\Nc1ncccn1. The Labute approximate surface area is 137 Å². The lowest BCUT2D eigenvalue weighted by Gasteiger charge is -2.09. The van der Waals surface area contributed by atoms with Gasteiger partial charge in [-0.15, -0.1) is 0 Å². The predicted octanol–water partition coefficient (Wildman–Crippen LogP) is 1.72. The molecule has 120 valence electrons. The van der Waals surface area contributed by atoms with Crippen molar-refractivity contribution in [1.29, 1.82) is 5.26 Å². The first-order valence-electron chi connectivity index (χ1n) is 6.78. The van der Waals surface area contributed by atoms with Gasteiger partial charge in [0, 0.05) is 18.6 Å². The molecule has 0 spiro atoms. The molecule has 8 heteroatoms. The highest BCUT2D eigenvalue weighted by atomic mass is 16.5. The second-order valence-corrected chi connectivity index (χ2v) is 4.38. The van der Waals surface area contributed by atoms with E-state index in [-0.39, 0.29) is 22.8 Å². The van der Waals surface area contributed by atoms with Crippen molar-refractivity contribution >= 4 is 23.5 Å². The molecule has 24 heavy (non-hydrogen) atoms. The monoisotopic (exact) mass is 323 g/mol. The van der Waals surface area contributed by atoms with Crippen molar-refractivity contribution < 1.29 is 14.3 Å². The third kappa shape index (κ3) is 4.14. The molecule has 0 aliphatic carbocycles. The minimum atomic E-state index is -0.683. The summed E-state index contributed by atoms with van der Waals surface area (Å²) in [6, 6.07) is 9.73. The molecule has 1 amide bonds. The van der Waals surface area contributed by atoms with Crippen LogP contribution in [0.5, 0.6) is 0 Å². The summed E-state index contributed by atoms with van der Waals surface area (Å²) in [4.78, 5) is 31.7. The first kappa shape index (κ1) is 16.6. The quantitative estimate of drug-likeness (QED) is 0.489. The van der Waals surface area contributed by atoms with Crippen LogP contribution >= 0.6 is 0 Å². The molecule has 0 radical (unpaired) electrons. The lowest BCUT2D eigenvalue weighted by molar-refractivity contribution is -0.112. The Morgan fingerprint density at radius 2 is 1.92 bits per heavy atom. The Bertz CT molecular complexity index is 812. The van der Waals surface area contributed by atoms with Gasteiger partial charge in [0.25, 0.3) is 5.91 Å². The number of aromatic nitrogens is 2. The molecule has 0 atom stereocenters. The van der Waals surface area contributed by atoms with Crippen LogP contribution in [0.15, 0.2) is 54.5 Å². The van der Waals surface area contributed by atoms with Crippen molar-refractivity contribution in [2.24, 2.45) is 0 Å². The van der Waals surface area contributed by atoms with Crippen LogP contribution in [0.3, 0.4) is 0 Å². The average molecular weight is 323 g/mol. The molecule has 2 aromatic rings. The lowest BCUT2D eigenvalue weighted by atomic mass is 10.1. The van der Waals surface area contributed by atoms with Gasteiger partial charge >= 0.3 is 5.97 Å². The van der Waals surface area contributed by atoms with E-state index >= 15 is 0 Å². The first-order chi connectivity index (χ1) is 11.7. The molecule has 0 fully saturated rings. The maximum Gasteiger partial charge on any atom is 0.339 e. The van der Waals surface area contributed by atoms with Crippen LogP contribution in [-0.4, -0.2) is 29.0 Å². The van der Waals surface area contributed by atoms with E-state index < -0.39 is 11.9 Å². The molecule has 0 saturated carbocycles. The number of amides is 1. The van der Waals surface area contributed by atoms with Crippen molar-refractivity contribution in [1.82, 2.24) is 9.97 Å². The zero-order valence-electron chi connectivity index (χ0n) is 12.7. The molecular weight excluding hydrogens is 310 g/mol. The minimum Gasteiger partial charge on any atom is -0.465 e. The first-order valence-corrected chi connectivity index (χ1v) is 6.78. The maximum absolute atomic E-state index is 12.2. The fraction of sp³-hybridized carbons (Fsp3) is 0.0625. The normalized spacial score (nSPS) is 10.4. The highest BCUT2D eigenvalue weighted by Gasteiger charge is 2.15. The fourth-order valence-corrected chi connectivity index (χ4v) is 1.73. The van der Waals surface area contributed by atoms with Crippen LogP contribution in [0.2, 0.25) is 0 Å². The van der Waals surface area contributed by atoms with Gasteiger partial charge in [-0.05, 0) is 18.2 Å². The minimum absolute atomic E-state index is 0.185. The standard InChI is InChI=1S/C16H13N5O3/c1-24-15(23)12-5-2-3-6-13(12)21-14(22)11(9-17)10-20-16-18-7-4-8-19-16/h2-8,10H,1H3,(H,21,22)(H,18,19,20)/b11-10-. The number of rotatable bonds is 5. The molecule has 8 nitrogen and oxygen atoms in total. The highest BCUT2D eigenvalue weighted by Crippen LogP contribution is 2.16. The number of nitriles is 1. The third-order valence-electron chi connectivity index (χ3n) is 2.86. The van der Waals surface area contributed by atoms with Crippen LogP contribution in [0, 0.1) is 11.3 Å². The topological polar surface area (TPSA) is 117 Å². The number of carbonyl (C=O) groups excluding carboxylic acids is 2. The summed E-state index contributed by atoms with van der Waals surface area (Å²) in [7, 11) is 1.24. The summed E-state index contributed by atoms with van der Waals surface area (Å²) in [5.74, 6) is -1.03. The van der Waals surface area contributed by atoms with E-state index in [2.05, 4.69) is 25.3 Å². The number of esters is 1. The number of hydrogen-bond acceptors (Lipinski definition) is 7. The smallest absolute Gasteiger partial charge is 0.339 e. The largest absolute Gasteiger partial charge is 0.465 e. The van der Waals surface area contributed by atoms with E-state index in [0.29, 0.717) is 0 Å². The van der Waals surface area contributed by atoms with Crippen LogP contribution < -0.4 is 10.6 Å². The Hall–Kier alpha value is -3.73. The van der Waals surface area contributed by atoms with E-state index in [9.17, 15) is 9.59 Å². The van der Waals surface area contributed by atoms with Crippen molar-refractivity contribution in [3.05, 3.63) is 60.1 Å². The number of carbonyl (C=O) groups is 2. The Balaban J connectivity index is 2.16. The van der Waals surface area contributed by atoms with E-state index in [1.807, 2.05) is 0 Å². The van der Waals surface area contributed by atoms with Crippen molar-refractivity contribution in [3.8, 4) is 6.07 Å². The average Bonchev–Trinajstić information content (AvgIpc) is 2.63. The molecule has 2 rings (SSSR count). The molecule has 2 N–H and O–H groups in total. The zero-order chi connectivity index (χ0) is 17.4. The number of methoxy groups -OCH3 is 1. The van der Waals surface area contributed by atoms with Gasteiger partial charge in [0.15, 0.2) is 0 Å². The summed E-state index contributed by atoms with van der Waals surface area (Å²) < 4.78 is 4.65. The fourth-order valence-electron chi connectivity index (χ4n) is 1.73. The summed E-state index contributed by atoms with van der Waals surface area (Å²) >= 11 is 0. The van der Waals surface area contributed by atoms with Crippen LogP contribution in [-0.2, 0) is 9.53 Å². The number of anilines is 2. The van der Waals surface area contributed by atoms with Gasteiger partial charge in [-0.1, -0.05) is 12.1 Å². The van der Waals surface area contributed by atoms with E-state index in [0.717, 1.165) is 0 Å². The maximum atomic E-state index is 12.2. The Morgan fingerprint density at radius 1 is 1.21 bits per heavy atom. The predicted molar refractivity (Wildman–Crippen MR) is 85.8 cm³/mol. The van der Waals surface area contributed by atoms with Gasteiger partial charge in [-0.25, -0.2) is 14.8 Å². The molecule has 1 heterocycles. The van der Waals surface area contributed by atoms with Gasteiger partial charge in [0.05, 0.1) is 18.4 Å². The van der Waals surface area contributed by atoms with Gasteiger partial charge < -0.3 is 15.4 Å². The number of hydrogen-bond donors (Lipinski definition) is 2. The van der Waals surface area contributed by atoms with Crippen LogP contribution in [0.4, 0.5) is 11.6 Å².